The van der Waals surface area contributed by atoms with Crippen LogP contribution in [0.15, 0.2) is 66.7 Å². The van der Waals surface area contributed by atoms with E-state index in [0.29, 0.717) is 29.6 Å². The Bertz CT molecular complexity index is 984. The molecule has 0 amide bonds. The maximum absolute atomic E-state index is 8.72. The van der Waals surface area contributed by atoms with Crippen molar-refractivity contribution in [1.82, 2.24) is 0 Å². The molecule has 3 aromatic carbocycles. The summed E-state index contributed by atoms with van der Waals surface area (Å²) in [6.45, 7) is 24.3. The first-order valence-corrected chi connectivity index (χ1v) is 13.6. The van der Waals surface area contributed by atoms with Crippen LogP contribution in [0.5, 0.6) is 0 Å². The molecular weight excluding hydrogens is 446 g/mol. The Balaban J connectivity index is 0.000000518. The molecule has 0 unspecified atom stereocenters. The maximum Gasteiger partial charge on any atom is 0.0991 e. The molecule has 0 N–H and O–H groups in total. The number of nitriles is 1. The van der Waals surface area contributed by atoms with E-state index in [0.717, 1.165) is 11.1 Å². The molecule has 0 saturated carbocycles. The highest BCUT2D eigenvalue weighted by atomic mass is 14.2. The van der Waals surface area contributed by atoms with Gasteiger partial charge < -0.3 is 0 Å². The summed E-state index contributed by atoms with van der Waals surface area (Å²) >= 11 is 0. The van der Waals surface area contributed by atoms with E-state index in [-0.39, 0.29) is 7.43 Å². The van der Waals surface area contributed by atoms with Crippen LogP contribution in [0, 0.1) is 18.3 Å². The number of nitrogens with zero attached hydrogens (tertiary/aromatic N) is 1. The van der Waals surface area contributed by atoms with Crippen LogP contribution >= 0.6 is 0 Å². The van der Waals surface area contributed by atoms with Crippen molar-refractivity contribution in [1.29, 1.82) is 5.26 Å². The highest BCUT2D eigenvalue weighted by molar-refractivity contribution is 5.38. The van der Waals surface area contributed by atoms with Crippen LogP contribution in [0.25, 0.3) is 0 Å². The number of hydrogen-bond donors (Lipinski definition) is 0. The van der Waals surface area contributed by atoms with Crippen molar-refractivity contribution >= 4 is 0 Å². The Morgan fingerprint density at radius 1 is 0.514 bits per heavy atom. The second kappa shape index (κ2) is 16.8. The molecule has 0 radical (unpaired) electrons. The van der Waals surface area contributed by atoms with Gasteiger partial charge >= 0.3 is 0 Å². The van der Waals surface area contributed by atoms with Gasteiger partial charge in [-0.2, -0.15) is 5.26 Å². The van der Waals surface area contributed by atoms with Crippen LogP contribution < -0.4 is 0 Å². The molecule has 1 heteroatoms. The maximum atomic E-state index is 8.72. The molecule has 1 nitrogen and oxygen atoms in total. The van der Waals surface area contributed by atoms with Gasteiger partial charge in [0.05, 0.1) is 11.6 Å². The molecular formula is C36H53N. The highest BCUT2D eigenvalue weighted by Gasteiger charge is 2.08. The molecule has 0 fully saturated rings. The van der Waals surface area contributed by atoms with Gasteiger partial charge in [-0.1, -0.05) is 131 Å². The van der Waals surface area contributed by atoms with E-state index < -0.39 is 0 Å². The largest absolute Gasteiger partial charge is 0.192 e. The first-order valence-electron chi connectivity index (χ1n) is 13.6. The van der Waals surface area contributed by atoms with Gasteiger partial charge in [-0.05, 0) is 82.0 Å². The van der Waals surface area contributed by atoms with E-state index in [2.05, 4.69) is 130 Å². The lowest BCUT2D eigenvalue weighted by Gasteiger charge is -2.14. The van der Waals surface area contributed by atoms with Gasteiger partial charge in [-0.3, -0.25) is 0 Å². The standard InChI is InChI=1S/2C12H18.C11H13N.CH4/c2*1-9(2)11-7-5-6-8-12(11)10(3)4;1-8(2)11-5-9(3)4-10(6-11)7-12;/h2*5-10H,1-4H3;4-6,8H,1-3H3;1H4. The lowest BCUT2D eigenvalue weighted by Crippen LogP contribution is -1.97. The quantitative estimate of drug-likeness (QED) is 0.342. The molecule has 0 saturated heterocycles. The predicted molar refractivity (Wildman–Crippen MR) is 166 cm³/mol. The number of rotatable bonds is 5. The minimum Gasteiger partial charge on any atom is -0.192 e. The Hall–Kier alpha value is -2.85. The Kier molecular flexibility index (Phi) is 15.5. The lowest BCUT2D eigenvalue weighted by molar-refractivity contribution is 0.790. The fraction of sp³-hybridized carbons (Fsp3) is 0.472. The van der Waals surface area contributed by atoms with Gasteiger partial charge in [0.1, 0.15) is 0 Å². The summed E-state index contributed by atoms with van der Waals surface area (Å²) in [4.78, 5) is 0. The van der Waals surface area contributed by atoms with Crippen molar-refractivity contribution in [3.05, 3.63) is 106 Å². The third-order valence-electron chi connectivity index (χ3n) is 6.38. The van der Waals surface area contributed by atoms with Crippen molar-refractivity contribution in [3.8, 4) is 6.07 Å². The minimum absolute atomic E-state index is 0. The monoisotopic (exact) mass is 499 g/mol. The van der Waals surface area contributed by atoms with Gasteiger partial charge in [-0.15, -0.1) is 0 Å². The second-order valence-electron chi connectivity index (χ2n) is 11.3. The van der Waals surface area contributed by atoms with Crippen LogP contribution in [0.4, 0.5) is 0 Å². The normalized spacial score (nSPS) is 10.5. The Morgan fingerprint density at radius 2 is 0.838 bits per heavy atom. The zero-order valence-electron chi connectivity index (χ0n) is 24.7. The molecule has 0 heterocycles. The Labute approximate surface area is 230 Å². The SMILES string of the molecule is C.CC(C)c1ccccc1C(C)C.CC(C)c1ccccc1C(C)C.Cc1cc(C#N)cc(C(C)C)c1. The fourth-order valence-electron chi connectivity index (χ4n) is 4.34. The molecule has 0 spiro atoms. The molecule has 0 atom stereocenters. The smallest absolute Gasteiger partial charge is 0.0991 e. The van der Waals surface area contributed by atoms with E-state index in [1.54, 1.807) is 0 Å². The predicted octanol–water partition coefficient (Wildman–Crippen LogP) is 11.5. The van der Waals surface area contributed by atoms with Crippen molar-refractivity contribution < 1.29 is 0 Å². The summed E-state index contributed by atoms with van der Waals surface area (Å²) in [5.41, 5.74) is 9.14. The van der Waals surface area contributed by atoms with Gasteiger partial charge in [0.15, 0.2) is 0 Å². The first-order chi connectivity index (χ1) is 16.9. The molecule has 3 aromatic rings. The van der Waals surface area contributed by atoms with Gasteiger partial charge in [0.2, 0.25) is 0 Å². The summed E-state index contributed by atoms with van der Waals surface area (Å²) in [6, 6.07) is 25.6. The summed E-state index contributed by atoms with van der Waals surface area (Å²) in [5.74, 6) is 3.07. The minimum atomic E-state index is 0. The zero-order chi connectivity index (χ0) is 27.4. The summed E-state index contributed by atoms with van der Waals surface area (Å²) < 4.78 is 0. The van der Waals surface area contributed by atoms with Crippen LogP contribution in [-0.2, 0) is 0 Å². The van der Waals surface area contributed by atoms with Crippen molar-refractivity contribution in [2.45, 2.75) is 113 Å². The van der Waals surface area contributed by atoms with Crippen LogP contribution in [0.1, 0.15) is 145 Å². The van der Waals surface area contributed by atoms with Gasteiger partial charge in [-0.25, -0.2) is 0 Å². The molecule has 3 rings (SSSR count). The molecule has 0 aliphatic heterocycles. The Morgan fingerprint density at radius 3 is 1.08 bits per heavy atom. The summed E-state index contributed by atoms with van der Waals surface area (Å²) in [7, 11) is 0. The average Bonchev–Trinajstić information content (AvgIpc) is 2.84. The number of aryl methyl sites for hydroxylation is 1. The molecule has 202 valence electrons. The molecule has 0 aliphatic carbocycles. The first kappa shape index (κ1) is 34.1. The topological polar surface area (TPSA) is 23.8 Å². The average molecular weight is 500 g/mol. The van der Waals surface area contributed by atoms with Crippen LogP contribution in [0.2, 0.25) is 0 Å². The van der Waals surface area contributed by atoms with E-state index >= 15 is 0 Å². The van der Waals surface area contributed by atoms with E-state index in [1.165, 1.54) is 27.8 Å². The summed E-state index contributed by atoms with van der Waals surface area (Å²) in [5, 5.41) is 8.72. The van der Waals surface area contributed by atoms with Crippen molar-refractivity contribution in [2.75, 3.05) is 0 Å². The lowest BCUT2D eigenvalue weighted by atomic mass is 9.91. The van der Waals surface area contributed by atoms with Crippen LogP contribution in [0.3, 0.4) is 0 Å². The fourth-order valence-corrected chi connectivity index (χ4v) is 4.34. The van der Waals surface area contributed by atoms with Gasteiger partial charge in [0, 0.05) is 0 Å². The molecule has 0 aliphatic rings. The molecule has 0 bridgehead atoms. The number of hydrogen-bond acceptors (Lipinski definition) is 1. The number of benzene rings is 3. The van der Waals surface area contributed by atoms with Crippen LogP contribution in [-0.4, -0.2) is 0 Å². The summed E-state index contributed by atoms with van der Waals surface area (Å²) in [6.07, 6.45) is 0. The van der Waals surface area contributed by atoms with Crippen molar-refractivity contribution in [2.24, 2.45) is 0 Å². The molecule has 0 aromatic heterocycles. The zero-order valence-corrected chi connectivity index (χ0v) is 24.7. The third-order valence-corrected chi connectivity index (χ3v) is 6.38. The van der Waals surface area contributed by atoms with E-state index in [9.17, 15) is 0 Å². The van der Waals surface area contributed by atoms with E-state index in [1.807, 2.05) is 19.1 Å². The van der Waals surface area contributed by atoms with Crippen molar-refractivity contribution in [3.63, 3.8) is 0 Å². The highest BCUT2D eigenvalue weighted by Crippen LogP contribution is 2.26. The molecule has 37 heavy (non-hydrogen) atoms. The second-order valence-corrected chi connectivity index (χ2v) is 11.3. The van der Waals surface area contributed by atoms with E-state index in [4.69, 9.17) is 5.26 Å². The third kappa shape index (κ3) is 11.4. The van der Waals surface area contributed by atoms with Gasteiger partial charge in [0.25, 0.3) is 0 Å².